The Bertz CT molecular complexity index is 374. The van der Waals surface area contributed by atoms with Crippen LogP contribution in [0.25, 0.3) is 0 Å². The highest BCUT2D eigenvalue weighted by Gasteiger charge is 2.43. The molecule has 0 aliphatic carbocycles. The molecule has 130 valence electrons. The van der Waals surface area contributed by atoms with Crippen molar-refractivity contribution in [3.05, 3.63) is 0 Å². The lowest BCUT2D eigenvalue weighted by Gasteiger charge is -2.42. The molecule has 0 aromatic carbocycles. The topological polar surface area (TPSA) is 30.8 Å². The molecule has 1 aliphatic heterocycles. The molecule has 3 nitrogen and oxygen atoms in total. The lowest BCUT2D eigenvalue weighted by molar-refractivity contribution is 0.126. The van der Waals surface area contributed by atoms with E-state index >= 15 is 0 Å². The minimum atomic E-state index is -1.81. The van der Waals surface area contributed by atoms with E-state index in [-0.39, 0.29) is 11.1 Å². The van der Waals surface area contributed by atoms with Crippen LogP contribution in [0.1, 0.15) is 67.2 Å². The van der Waals surface area contributed by atoms with Crippen molar-refractivity contribution >= 4 is 14.2 Å². The fraction of sp³-hybridized carbons (Fsp3) is 0.944. The predicted octanol–water partition coefficient (Wildman–Crippen LogP) is 5.41. The summed E-state index contributed by atoms with van der Waals surface area (Å²) in [5.74, 6) is 1.34. The van der Waals surface area contributed by atoms with Crippen molar-refractivity contribution in [1.82, 2.24) is 0 Å². The average molecular weight is 328 g/mol. The molecular formula is C18H37NO2Si. The van der Waals surface area contributed by atoms with Gasteiger partial charge in [0.15, 0.2) is 8.32 Å². The number of ether oxygens (including phenoxy) is 1. The van der Waals surface area contributed by atoms with Crippen molar-refractivity contribution in [3.63, 3.8) is 0 Å². The molecule has 0 bridgehead atoms. The van der Waals surface area contributed by atoms with Gasteiger partial charge in [-0.15, -0.1) is 0 Å². The van der Waals surface area contributed by atoms with Gasteiger partial charge in [-0.2, -0.15) is 0 Å². The molecule has 0 spiro atoms. The molecular weight excluding hydrogens is 290 g/mol. The Labute approximate surface area is 139 Å². The van der Waals surface area contributed by atoms with Gasteiger partial charge < -0.3 is 9.16 Å². The molecule has 1 rings (SSSR count). The molecule has 3 unspecified atom stereocenters. The summed E-state index contributed by atoms with van der Waals surface area (Å²) in [6, 6.07) is 0.413. The molecule has 22 heavy (non-hydrogen) atoms. The van der Waals surface area contributed by atoms with Gasteiger partial charge in [0, 0.05) is 0 Å². The van der Waals surface area contributed by atoms with E-state index < -0.39 is 8.32 Å². The van der Waals surface area contributed by atoms with Crippen molar-refractivity contribution in [2.24, 2.45) is 10.9 Å². The van der Waals surface area contributed by atoms with E-state index in [1.54, 1.807) is 0 Å². The smallest absolute Gasteiger partial charge is 0.212 e. The minimum Gasteiger partial charge on any atom is -0.479 e. The summed E-state index contributed by atoms with van der Waals surface area (Å²) in [5, 5.41) is 0.211. The first kappa shape index (κ1) is 19.7. The van der Waals surface area contributed by atoms with Crippen LogP contribution in [-0.4, -0.2) is 33.0 Å². The zero-order valence-electron chi connectivity index (χ0n) is 16.0. The highest BCUT2D eigenvalue weighted by Crippen LogP contribution is 2.39. The molecule has 0 saturated heterocycles. The quantitative estimate of drug-likeness (QED) is 0.611. The summed E-state index contributed by atoms with van der Waals surface area (Å²) < 4.78 is 12.5. The van der Waals surface area contributed by atoms with Gasteiger partial charge in [-0.05, 0) is 43.8 Å². The third kappa shape index (κ3) is 5.09. The summed E-state index contributed by atoms with van der Waals surface area (Å²) in [4.78, 5) is 4.90. The summed E-state index contributed by atoms with van der Waals surface area (Å²) in [6.07, 6.45) is 4.81. The zero-order valence-corrected chi connectivity index (χ0v) is 17.0. The molecule has 0 N–H and O–H groups in total. The number of unbranched alkanes of at least 4 members (excludes halogenated alkanes) is 1. The van der Waals surface area contributed by atoms with E-state index in [1.165, 1.54) is 19.3 Å². The van der Waals surface area contributed by atoms with Crippen LogP contribution in [0, 0.1) is 5.92 Å². The maximum absolute atomic E-state index is 6.66. The highest BCUT2D eigenvalue weighted by atomic mass is 28.4. The van der Waals surface area contributed by atoms with Gasteiger partial charge in [-0.1, -0.05) is 47.5 Å². The molecule has 1 aliphatic rings. The minimum absolute atomic E-state index is 0.0405. The van der Waals surface area contributed by atoms with E-state index in [9.17, 15) is 0 Å². The van der Waals surface area contributed by atoms with Gasteiger partial charge in [-0.25, -0.2) is 0 Å². The number of hydrogen-bond donors (Lipinski definition) is 0. The Kier molecular flexibility index (Phi) is 7.12. The number of aliphatic imine (C=N–C) groups is 1. The van der Waals surface area contributed by atoms with E-state index in [2.05, 4.69) is 47.7 Å². The Morgan fingerprint density at radius 3 is 2.36 bits per heavy atom. The molecule has 0 amide bonds. The van der Waals surface area contributed by atoms with Crippen LogP contribution in [0.2, 0.25) is 18.1 Å². The average Bonchev–Trinajstić information content (AvgIpc) is 2.39. The van der Waals surface area contributed by atoms with Crippen molar-refractivity contribution in [2.45, 2.75) is 97.5 Å². The van der Waals surface area contributed by atoms with Crippen molar-refractivity contribution in [1.29, 1.82) is 0 Å². The first-order valence-electron chi connectivity index (χ1n) is 9.00. The molecule has 1 heterocycles. The molecule has 4 heteroatoms. The van der Waals surface area contributed by atoms with Crippen LogP contribution < -0.4 is 0 Å². The van der Waals surface area contributed by atoms with E-state index in [1.807, 2.05) is 6.92 Å². The second kappa shape index (κ2) is 7.96. The zero-order chi connectivity index (χ0) is 17.0. The third-order valence-corrected chi connectivity index (χ3v) is 9.58. The summed E-state index contributed by atoms with van der Waals surface area (Å²) in [5.41, 5.74) is 0. The van der Waals surface area contributed by atoms with Crippen LogP contribution in [-0.2, 0) is 9.16 Å². The van der Waals surface area contributed by atoms with Crippen molar-refractivity contribution in [3.8, 4) is 0 Å². The van der Waals surface area contributed by atoms with E-state index in [0.717, 1.165) is 12.3 Å². The van der Waals surface area contributed by atoms with Gasteiger partial charge >= 0.3 is 0 Å². The molecule has 3 atom stereocenters. The fourth-order valence-corrected chi connectivity index (χ4v) is 3.97. The third-order valence-electron chi connectivity index (χ3n) is 5.12. The van der Waals surface area contributed by atoms with Crippen LogP contribution in [0.4, 0.5) is 0 Å². The molecule has 0 radical (unpaired) electrons. The number of hydrogen-bond acceptors (Lipinski definition) is 3. The predicted molar refractivity (Wildman–Crippen MR) is 98.2 cm³/mol. The Hall–Kier alpha value is -0.353. The highest BCUT2D eigenvalue weighted by molar-refractivity contribution is 6.74. The van der Waals surface area contributed by atoms with Gasteiger partial charge in [0.25, 0.3) is 0 Å². The molecule has 0 aromatic rings. The Morgan fingerprint density at radius 1 is 1.23 bits per heavy atom. The SMILES string of the molecule is CCCCC1CC(C)C(O[Si](C)(C)C(C)(C)C)C(OCC)=N1. The summed E-state index contributed by atoms with van der Waals surface area (Å²) >= 11 is 0. The summed E-state index contributed by atoms with van der Waals surface area (Å²) in [7, 11) is -1.81. The number of rotatable bonds is 6. The molecule has 0 fully saturated rings. The lowest BCUT2D eigenvalue weighted by Crippen LogP contribution is -2.50. The monoisotopic (exact) mass is 327 g/mol. The largest absolute Gasteiger partial charge is 0.479 e. The van der Waals surface area contributed by atoms with Crippen molar-refractivity contribution < 1.29 is 9.16 Å². The first-order valence-corrected chi connectivity index (χ1v) is 11.9. The molecule has 0 aromatic heterocycles. The standard InChI is InChI=1S/C18H37NO2Si/c1-9-11-12-15-13-14(3)16(17(19-15)20-10-2)21-22(7,8)18(4,5)6/h14-16H,9-13H2,1-8H3. The lowest BCUT2D eigenvalue weighted by atomic mass is 9.90. The van der Waals surface area contributed by atoms with Crippen molar-refractivity contribution in [2.75, 3.05) is 6.61 Å². The Morgan fingerprint density at radius 2 is 1.86 bits per heavy atom. The second-order valence-electron chi connectivity index (χ2n) is 8.21. The number of nitrogens with zero attached hydrogens (tertiary/aromatic N) is 1. The van der Waals surface area contributed by atoms with E-state index in [0.29, 0.717) is 18.6 Å². The van der Waals surface area contributed by atoms with Crippen LogP contribution in [0.5, 0.6) is 0 Å². The van der Waals surface area contributed by atoms with Gasteiger partial charge in [-0.3, -0.25) is 4.99 Å². The van der Waals surface area contributed by atoms with Crippen LogP contribution in [0.15, 0.2) is 4.99 Å². The van der Waals surface area contributed by atoms with Crippen LogP contribution >= 0.6 is 0 Å². The fourth-order valence-electron chi connectivity index (χ4n) is 2.65. The normalized spacial score (nSPS) is 26.7. The summed E-state index contributed by atoms with van der Waals surface area (Å²) in [6.45, 7) is 18.7. The maximum Gasteiger partial charge on any atom is 0.212 e. The van der Waals surface area contributed by atoms with Gasteiger partial charge in [0.1, 0.15) is 6.10 Å². The Balaban J connectivity index is 2.92. The van der Waals surface area contributed by atoms with E-state index in [4.69, 9.17) is 14.2 Å². The van der Waals surface area contributed by atoms with Gasteiger partial charge in [0.05, 0.1) is 12.6 Å². The maximum atomic E-state index is 6.66. The first-order chi connectivity index (χ1) is 10.1. The van der Waals surface area contributed by atoms with Crippen LogP contribution in [0.3, 0.4) is 0 Å². The molecule has 0 saturated carbocycles. The second-order valence-corrected chi connectivity index (χ2v) is 13.0. The van der Waals surface area contributed by atoms with Gasteiger partial charge in [0.2, 0.25) is 5.90 Å².